The van der Waals surface area contributed by atoms with Crippen molar-refractivity contribution < 1.29 is 4.74 Å². The lowest BCUT2D eigenvalue weighted by atomic mass is 10.0. The minimum Gasteiger partial charge on any atom is -0.383 e. The molecule has 4 aromatic rings. The Morgan fingerprint density at radius 1 is 0.806 bits per heavy atom. The lowest BCUT2D eigenvalue weighted by molar-refractivity contribution is 0.105. The first kappa shape index (κ1) is 20.2. The number of anilines is 3. The number of hydrogen-bond acceptors (Lipinski definition) is 8. The summed E-state index contributed by atoms with van der Waals surface area (Å²) in [4.78, 5) is 16.5. The summed E-state index contributed by atoms with van der Waals surface area (Å²) in [6.07, 6.45) is 5.07. The van der Waals surface area contributed by atoms with Gasteiger partial charge in [-0.05, 0) is 23.3 Å². The van der Waals surface area contributed by atoms with Crippen LogP contribution in [0, 0.1) is 0 Å². The van der Waals surface area contributed by atoms with E-state index < -0.39 is 0 Å². The Morgan fingerprint density at radius 2 is 1.55 bits per heavy atom. The first-order valence-electron chi connectivity index (χ1n) is 9.81. The van der Waals surface area contributed by atoms with E-state index >= 15 is 0 Å². The van der Waals surface area contributed by atoms with Crippen molar-refractivity contribution in [1.29, 1.82) is 0 Å². The molecule has 2 heterocycles. The Bertz CT molecular complexity index is 1120. The summed E-state index contributed by atoms with van der Waals surface area (Å²) in [5, 5.41) is 3.34. The van der Waals surface area contributed by atoms with Crippen molar-refractivity contribution in [3.8, 4) is 11.1 Å². The van der Waals surface area contributed by atoms with Crippen LogP contribution in [0.3, 0.4) is 0 Å². The fourth-order valence-corrected chi connectivity index (χ4v) is 3.19. The lowest BCUT2D eigenvalue weighted by Crippen LogP contribution is -2.08. The third kappa shape index (κ3) is 5.31. The van der Waals surface area contributed by atoms with E-state index in [1.54, 1.807) is 12.4 Å². The molecule has 0 fully saturated rings. The second-order valence-electron chi connectivity index (χ2n) is 6.94. The highest BCUT2D eigenvalue weighted by molar-refractivity contribution is 5.77. The second-order valence-corrected chi connectivity index (χ2v) is 6.94. The number of nitrogens with two attached hydrogens (primary N) is 2. The van der Waals surface area contributed by atoms with Crippen molar-refractivity contribution in [3.05, 3.63) is 90.1 Å². The molecule has 2 aromatic carbocycles. The predicted molar refractivity (Wildman–Crippen MR) is 121 cm³/mol. The van der Waals surface area contributed by atoms with Crippen LogP contribution in [0.1, 0.15) is 16.8 Å². The molecule has 8 nitrogen and oxygen atoms in total. The van der Waals surface area contributed by atoms with E-state index in [4.69, 9.17) is 16.2 Å². The van der Waals surface area contributed by atoms with Gasteiger partial charge < -0.3 is 21.5 Å². The number of nitrogens with zero attached hydrogens (tertiary/aromatic N) is 4. The van der Waals surface area contributed by atoms with E-state index in [-0.39, 0.29) is 12.6 Å². The summed E-state index contributed by atoms with van der Waals surface area (Å²) in [6, 6.07) is 17.8. The zero-order valence-corrected chi connectivity index (χ0v) is 16.9. The SMILES string of the molecule is Nc1nc(N)c(-c2ccc(NCc3cncnc3)cc2)c(COCc2ccccc2)n1. The van der Waals surface area contributed by atoms with E-state index in [1.165, 1.54) is 6.33 Å². The van der Waals surface area contributed by atoms with E-state index in [9.17, 15) is 0 Å². The monoisotopic (exact) mass is 413 g/mol. The summed E-state index contributed by atoms with van der Waals surface area (Å²) in [5.74, 6) is 0.455. The van der Waals surface area contributed by atoms with Gasteiger partial charge in [-0.15, -0.1) is 0 Å². The fraction of sp³-hybridized carbons (Fsp3) is 0.130. The van der Waals surface area contributed by atoms with Gasteiger partial charge in [0.05, 0.1) is 18.9 Å². The Balaban J connectivity index is 1.48. The van der Waals surface area contributed by atoms with Crippen LogP contribution in [0.25, 0.3) is 11.1 Å². The minimum absolute atomic E-state index is 0.128. The Hall–Kier alpha value is -4.04. The van der Waals surface area contributed by atoms with Crippen molar-refractivity contribution in [2.45, 2.75) is 19.8 Å². The quantitative estimate of drug-likeness (QED) is 0.401. The maximum Gasteiger partial charge on any atom is 0.222 e. The molecule has 0 unspecified atom stereocenters. The van der Waals surface area contributed by atoms with E-state index in [0.717, 1.165) is 27.9 Å². The molecule has 0 saturated heterocycles. The van der Waals surface area contributed by atoms with Gasteiger partial charge in [0.25, 0.3) is 0 Å². The zero-order chi connectivity index (χ0) is 21.5. The van der Waals surface area contributed by atoms with Gasteiger partial charge in [-0.3, -0.25) is 0 Å². The first-order valence-corrected chi connectivity index (χ1v) is 9.81. The summed E-state index contributed by atoms with van der Waals surface area (Å²) < 4.78 is 5.86. The molecule has 156 valence electrons. The molecule has 8 heteroatoms. The molecule has 0 radical (unpaired) electrons. The largest absolute Gasteiger partial charge is 0.383 e. The number of nitrogen functional groups attached to an aromatic ring is 2. The number of nitrogens with one attached hydrogen (secondary N) is 1. The maximum absolute atomic E-state index is 6.19. The Morgan fingerprint density at radius 3 is 2.29 bits per heavy atom. The molecular weight excluding hydrogens is 390 g/mol. The van der Waals surface area contributed by atoms with Crippen LogP contribution in [-0.2, 0) is 24.5 Å². The van der Waals surface area contributed by atoms with Gasteiger partial charge >= 0.3 is 0 Å². The molecular formula is C23H23N7O. The molecule has 5 N–H and O–H groups in total. The average Bonchev–Trinajstić information content (AvgIpc) is 2.79. The summed E-state index contributed by atoms with van der Waals surface area (Å²) in [7, 11) is 0. The van der Waals surface area contributed by atoms with Crippen molar-refractivity contribution >= 4 is 17.5 Å². The highest BCUT2D eigenvalue weighted by Crippen LogP contribution is 2.30. The van der Waals surface area contributed by atoms with Gasteiger partial charge in [0, 0.05) is 35.8 Å². The molecule has 0 spiro atoms. The van der Waals surface area contributed by atoms with Crippen molar-refractivity contribution in [2.24, 2.45) is 0 Å². The van der Waals surface area contributed by atoms with Crippen LogP contribution < -0.4 is 16.8 Å². The van der Waals surface area contributed by atoms with Gasteiger partial charge in [0.1, 0.15) is 12.1 Å². The van der Waals surface area contributed by atoms with E-state index in [2.05, 4.69) is 25.3 Å². The number of benzene rings is 2. The molecule has 0 aliphatic carbocycles. The van der Waals surface area contributed by atoms with Gasteiger partial charge in [-0.25, -0.2) is 15.0 Å². The molecule has 2 aromatic heterocycles. The average molecular weight is 413 g/mol. The molecule has 0 saturated carbocycles. The second kappa shape index (κ2) is 9.64. The van der Waals surface area contributed by atoms with Gasteiger partial charge in [0.15, 0.2) is 0 Å². The van der Waals surface area contributed by atoms with Gasteiger partial charge in [-0.1, -0.05) is 42.5 Å². The molecule has 0 bridgehead atoms. The smallest absolute Gasteiger partial charge is 0.222 e. The summed E-state index contributed by atoms with van der Waals surface area (Å²) in [5.41, 5.74) is 17.3. The zero-order valence-electron chi connectivity index (χ0n) is 16.9. The van der Waals surface area contributed by atoms with Gasteiger partial charge in [-0.2, -0.15) is 4.98 Å². The molecule has 0 atom stereocenters. The normalized spacial score (nSPS) is 10.7. The predicted octanol–water partition coefficient (Wildman–Crippen LogP) is 3.43. The summed E-state index contributed by atoms with van der Waals surface area (Å²) in [6.45, 7) is 1.37. The maximum atomic E-state index is 6.19. The van der Waals surface area contributed by atoms with Crippen molar-refractivity contribution in [2.75, 3.05) is 16.8 Å². The fourth-order valence-electron chi connectivity index (χ4n) is 3.19. The third-order valence-electron chi connectivity index (χ3n) is 4.66. The van der Waals surface area contributed by atoms with Crippen molar-refractivity contribution in [3.63, 3.8) is 0 Å². The molecule has 4 rings (SSSR count). The first-order chi connectivity index (χ1) is 15.2. The summed E-state index contributed by atoms with van der Waals surface area (Å²) >= 11 is 0. The topological polar surface area (TPSA) is 125 Å². The minimum atomic E-state index is 0.128. The molecule has 0 aliphatic rings. The Kier molecular flexibility index (Phi) is 6.29. The molecule has 0 amide bonds. The van der Waals surface area contributed by atoms with Crippen LogP contribution in [0.4, 0.5) is 17.5 Å². The van der Waals surface area contributed by atoms with Crippen LogP contribution >= 0.6 is 0 Å². The van der Waals surface area contributed by atoms with Crippen LogP contribution in [0.5, 0.6) is 0 Å². The van der Waals surface area contributed by atoms with Crippen LogP contribution in [-0.4, -0.2) is 19.9 Å². The van der Waals surface area contributed by atoms with Crippen molar-refractivity contribution in [1.82, 2.24) is 19.9 Å². The lowest BCUT2D eigenvalue weighted by Gasteiger charge is -2.13. The third-order valence-corrected chi connectivity index (χ3v) is 4.66. The number of rotatable bonds is 8. The molecule has 0 aliphatic heterocycles. The van der Waals surface area contributed by atoms with Crippen LogP contribution in [0.2, 0.25) is 0 Å². The molecule has 31 heavy (non-hydrogen) atoms. The van der Waals surface area contributed by atoms with Crippen LogP contribution in [0.15, 0.2) is 73.3 Å². The Labute approximate surface area is 180 Å². The number of hydrogen-bond donors (Lipinski definition) is 3. The van der Waals surface area contributed by atoms with E-state index in [1.807, 2.05) is 54.6 Å². The highest BCUT2D eigenvalue weighted by atomic mass is 16.5. The van der Waals surface area contributed by atoms with Gasteiger partial charge in [0.2, 0.25) is 5.95 Å². The van der Waals surface area contributed by atoms with E-state index in [0.29, 0.717) is 24.7 Å². The number of ether oxygens (including phenoxy) is 1. The standard InChI is InChI=1S/C23H23N7O/c24-22-21(18-6-8-19(9-7-18)28-12-17-10-26-15-27-11-17)20(29-23(25)30-22)14-31-13-16-4-2-1-3-5-16/h1-11,15,28H,12-14H2,(H4,24,25,29,30). The highest BCUT2D eigenvalue weighted by Gasteiger charge is 2.14. The number of aromatic nitrogens is 4.